The highest BCUT2D eigenvalue weighted by Crippen LogP contribution is 2.50. The van der Waals surface area contributed by atoms with Crippen LogP contribution < -0.4 is 74.4 Å². The van der Waals surface area contributed by atoms with Gasteiger partial charge >= 0.3 is 5.97 Å². The van der Waals surface area contributed by atoms with Gasteiger partial charge in [-0.15, -0.1) is 0 Å². The maximum absolute atomic E-state index is 16.0. The SMILES string of the molecule is CN[C@H](CC(C)C)C(=O)N[C@H]1C(=O)N[C@@H](CC(N)=O)C(=O)N[C@H]2C(=O)N[C@H]3C(=O)N[C@H](C(=O)N[C@@H](C(=O)O)c4cc(O)cc(O)c4-c4cc3ccc4O)[C@H](O)c3ccc(c(Cl)c3)Oc3cc2cc(c3O[C@@H]2O[C@H](CO)[C@@H](O)[C@H](O)[C@H]2O[C@H]2C[C@](C)(N)C(O)[C@H](C)O2)Oc2ccc(cc2Cl)[C@H]1O.N=C(N)N. The number of likely N-dealkylation sites (N-methyl/N-ethyl adjacent to an activating group) is 1. The van der Waals surface area contributed by atoms with Crippen LogP contribution in [0.15, 0.2) is 78.9 Å². The molecule has 18 atom stereocenters. The van der Waals surface area contributed by atoms with E-state index in [-0.39, 0.29) is 52.2 Å². The molecule has 26 N–H and O–H groups in total. The third-order valence-corrected chi connectivity index (χ3v) is 18.4. The molecule has 7 aliphatic rings. The van der Waals surface area contributed by atoms with Crippen LogP contribution in [0.3, 0.4) is 0 Å². The fourth-order valence-electron chi connectivity index (χ4n) is 12.5. The van der Waals surface area contributed by atoms with Gasteiger partial charge in [-0.25, -0.2) is 4.79 Å². The van der Waals surface area contributed by atoms with Crippen molar-refractivity contribution in [2.75, 3.05) is 13.7 Å². The molecule has 11 bridgehead atoms. The summed E-state index contributed by atoms with van der Waals surface area (Å²) in [5, 5.41) is 137. The predicted molar refractivity (Wildman–Crippen MR) is 365 cm³/mol. The number of aromatic hydroxyl groups is 3. The molecule has 5 aromatic rings. The Balaban J connectivity index is 0.00000311. The van der Waals surface area contributed by atoms with Crippen LogP contribution in [-0.4, -0.2) is 197 Å². The normalized spacial score (nSPS) is 28.5. The Morgan fingerprint density at radius 2 is 1.30 bits per heavy atom. The monoisotopic (exact) mass is 1510 g/mol. The molecule has 0 radical (unpaired) electrons. The van der Waals surface area contributed by atoms with Crippen molar-refractivity contribution in [3.8, 4) is 57.1 Å². The lowest BCUT2D eigenvalue weighted by atomic mass is 9.86. The van der Waals surface area contributed by atoms with Gasteiger partial charge in [0.2, 0.25) is 53.4 Å². The van der Waals surface area contributed by atoms with Crippen molar-refractivity contribution in [2.45, 2.75) is 156 Å². The number of carbonyl (C=O) groups is 8. The summed E-state index contributed by atoms with van der Waals surface area (Å²) >= 11 is 14.1. The van der Waals surface area contributed by atoms with Crippen LogP contribution in [0.4, 0.5) is 0 Å². The average Bonchev–Trinajstić information content (AvgIpc) is 0.774. The lowest BCUT2D eigenvalue weighted by molar-refractivity contribution is -0.333. The second kappa shape index (κ2) is 32.6. The zero-order chi connectivity index (χ0) is 77.1. The Hall–Kier alpha value is -9.93. The second-order valence-corrected chi connectivity index (χ2v) is 27.0. The van der Waals surface area contributed by atoms with Crippen LogP contribution in [-0.2, 0) is 52.6 Å². The number of primary amides is 1. The number of nitrogens with one attached hydrogen (secondary N) is 8. The molecule has 0 spiro atoms. The zero-order valence-electron chi connectivity index (χ0n) is 56.5. The predicted octanol–water partition coefficient (Wildman–Crippen LogP) is -1.06. The van der Waals surface area contributed by atoms with Crippen LogP contribution in [0.5, 0.6) is 46.0 Å². The van der Waals surface area contributed by atoms with Crippen molar-refractivity contribution < 1.29 is 118 Å². The maximum Gasteiger partial charge on any atom is 0.330 e. The number of carboxylic acids is 1. The van der Waals surface area contributed by atoms with E-state index in [4.69, 9.17) is 68.5 Å². The Morgan fingerprint density at radius 1 is 0.714 bits per heavy atom. The van der Waals surface area contributed by atoms with Gasteiger partial charge < -0.3 is 140 Å². The van der Waals surface area contributed by atoms with Crippen LogP contribution in [0.25, 0.3) is 11.1 Å². The van der Waals surface area contributed by atoms with E-state index in [1.807, 2.05) is 13.8 Å². The average molecular weight is 1510 g/mol. The number of halogens is 2. The van der Waals surface area contributed by atoms with Crippen LogP contribution in [0.1, 0.15) is 105 Å². The molecule has 7 aliphatic heterocycles. The largest absolute Gasteiger partial charge is 0.508 e. The number of aliphatic hydroxyl groups is 6. The number of guanidine groups is 1. The molecule has 38 heteroatoms. The van der Waals surface area contributed by atoms with Gasteiger partial charge in [-0.2, -0.15) is 0 Å². The summed E-state index contributed by atoms with van der Waals surface area (Å²) in [6, 6.07) is -0.679. The number of carbonyl (C=O) groups excluding carboxylic acids is 7. The molecule has 566 valence electrons. The third-order valence-electron chi connectivity index (χ3n) is 17.8. The van der Waals surface area contributed by atoms with Gasteiger partial charge in [0.05, 0.1) is 41.3 Å². The van der Waals surface area contributed by atoms with Crippen LogP contribution >= 0.6 is 23.2 Å². The summed E-state index contributed by atoms with van der Waals surface area (Å²) in [6.07, 6.45) is -18.6. The van der Waals surface area contributed by atoms with Crippen molar-refractivity contribution >= 4 is 76.5 Å². The molecule has 0 aliphatic carbocycles. The summed E-state index contributed by atoms with van der Waals surface area (Å²) in [7, 11) is 1.47. The number of nitrogens with two attached hydrogens (primary N) is 4. The molecule has 7 amide bonds. The number of benzene rings is 5. The highest BCUT2D eigenvalue weighted by Gasteiger charge is 2.51. The molecule has 2 saturated heterocycles. The van der Waals surface area contributed by atoms with Gasteiger partial charge in [0.25, 0.3) is 0 Å². The Labute approximate surface area is 607 Å². The molecule has 7 heterocycles. The third kappa shape index (κ3) is 17.7. The number of carboxylic acid groups (broad SMARTS) is 1. The molecule has 105 heavy (non-hydrogen) atoms. The van der Waals surface area contributed by atoms with E-state index in [0.717, 1.165) is 66.7 Å². The van der Waals surface area contributed by atoms with Gasteiger partial charge in [0.1, 0.15) is 89.5 Å². The lowest BCUT2D eigenvalue weighted by Crippen LogP contribution is -2.64. The number of hydrogen-bond acceptors (Lipinski definition) is 26. The van der Waals surface area contributed by atoms with Crippen molar-refractivity contribution in [2.24, 2.45) is 28.9 Å². The van der Waals surface area contributed by atoms with Gasteiger partial charge in [0, 0.05) is 34.7 Å². The second-order valence-electron chi connectivity index (χ2n) is 26.2. The highest BCUT2D eigenvalue weighted by atomic mass is 35.5. The van der Waals surface area contributed by atoms with E-state index in [1.165, 1.54) is 33.0 Å². The minimum atomic E-state index is -2.35. The zero-order valence-corrected chi connectivity index (χ0v) is 58.0. The quantitative estimate of drug-likeness (QED) is 0.0494. The summed E-state index contributed by atoms with van der Waals surface area (Å²) in [4.78, 5) is 117. The number of amides is 7. The molecule has 36 nitrogen and oxygen atoms in total. The first kappa shape index (κ1) is 79.2. The van der Waals surface area contributed by atoms with E-state index in [1.54, 1.807) is 0 Å². The van der Waals surface area contributed by atoms with E-state index < -0.39 is 237 Å². The molecular weight excluding hydrogens is 1430 g/mol. The molecule has 0 aromatic heterocycles. The summed E-state index contributed by atoms with van der Waals surface area (Å²) < 4.78 is 38.3. The summed E-state index contributed by atoms with van der Waals surface area (Å²) in [5.41, 5.74) is 16.9. The molecule has 2 fully saturated rings. The smallest absolute Gasteiger partial charge is 0.330 e. The fourth-order valence-corrected chi connectivity index (χ4v) is 12.9. The van der Waals surface area contributed by atoms with Crippen molar-refractivity contribution in [1.29, 1.82) is 5.41 Å². The van der Waals surface area contributed by atoms with Gasteiger partial charge in [-0.3, -0.25) is 39.0 Å². The molecular formula is C67H80Cl2N12O24. The van der Waals surface area contributed by atoms with Crippen molar-refractivity contribution in [3.63, 3.8) is 0 Å². The van der Waals surface area contributed by atoms with Gasteiger partial charge in [0.15, 0.2) is 35.9 Å². The Morgan fingerprint density at radius 3 is 1.86 bits per heavy atom. The van der Waals surface area contributed by atoms with E-state index in [9.17, 15) is 75.0 Å². The van der Waals surface area contributed by atoms with E-state index in [0.29, 0.717) is 0 Å². The lowest BCUT2D eigenvalue weighted by Gasteiger charge is -2.47. The van der Waals surface area contributed by atoms with E-state index in [2.05, 4.69) is 48.7 Å². The number of ether oxygens (including phenoxy) is 6. The Kier molecular flexibility index (Phi) is 24.6. The summed E-state index contributed by atoms with van der Waals surface area (Å²) in [5.74, 6) is -16.3. The molecule has 1 unspecified atom stereocenters. The number of hydrogen-bond donors (Lipinski definition) is 22. The molecule has 0 saturated carbocycles. The maximum atomic E-state index is 16.0. The van der Waals surface area contributed by atoms with Crippen LogP contribution in [0.2, 0.25) is 10.0 Å². The summed E-state index contributed by atoms with van der Waals surface area (Å²) in [6.45, 7) is 5.66. The standard InChI is InChI=1S/C66H75Cl2N9O24.CH5N3/c1-23(2)12-34(71-5)58(88)76-49-51(83)26-7-10-38(32(67)14-26)97-40-16-28-17-41(55(40)101-65-56(54(86)53(85)42(22-78)99-65)100-44-21-66(4,70)57(87)24(3)96-44)98-39-11-8-27(15-33(39)68)52(84)50-63(93)75-48(64(94)95)31-18-29(79)19-37(81)45(31)30-13-25(6-9-36(30)80)46(60(90)77-50)74-61(91)47(28)73-59(89)35(20-43(69)82)72-62(49)92;2-1(3)4/h6-11,13-19,23-24,34-35,42,44,46-54,56-57,65,71,78-81,83-87H,12,20-22,70H2,1-5H3,(H2,69,82)(H,72,92)(H,73,89)(H,74,91)(H,75,93)(H,76,88)(H,77,90)(H,94,95);(H5,2,3,4)/t24-,34+,35-,42+,44-,46+,47+,48+,49+,50-,51+,52+,53+,54-,56+,57?,65-,66-;/m0./s1. The first-order chi connectivity index (χ1) is 49.4. The van der Waals surface area contributed by atoms with Crippen LogP contribution in [0, 0.1) is 11.3 Å². The fraction of sp³-hybridized carbons (Fsp3) is 0.418. The number of aliphatic carboxylic acids is 1. The number of fused-ring (bicyclic) bond motifs is 15. The minimum absolute atomic E-state index is 0.0975. The minimum Gasteiger partial charge on any atom is -0.508 e. The first-order valence-corrected chi connectivity index (χ1v) is 33.2. The van der Waals surface area contributed by atoms with Gasteiger partial charge in [-0.1, -0.05) is 55.2 Å². The number of rotatable bonds is 13. The number of phenols is 3. The Bertz CT molecular complexity index is 4190. The van der Waals surface area contributed by atoms with Gasteiger partial charge in [-0.05, 0) is 110 Å². The van der Waals surface area contributed by atoms with Crippen molar-refractivity contribution in [3.05, 3.63) is 117 Å². The molecule has 12 rings (SSSR count). The molecule has 5 aromatic carbocycles. The number of aliphatic hydroxyl groups excluding tert-OH is 6. The van der Waals surface area contributed by atoms with E-state index >= 15 is 14.4 Å². The topological polar surface area (TPSA) is 606 Å². The number of phenolic OH excluding ortho intramolecular Hbond substituents is 3. The first-order valence-electron chi connectivity index (χ1n) is 32.4. The highest BCUT2D eigenvalue weighted by molar-refractivity contribution is 6.32. The van der Waals surface area contributed by atoms with Crippen molar-refractivity contribution in [1.82, 2.24) is 37.2 Å².